The van der Waals surface area contributed by atoms with Crippen LogP contribution in [0.4, 0.5) is 5.69 Å². The molecule has 0 saturated carbocycles. The number of nitrogens with zero attached hydrogens (tertiary/aromatic N) is 2. The topological polar surface area (TPSA) is 64.7 Å². The van der Waals surface area contributed by atoms with E-state index in [0.29, 0.717) is 5.92 Å². The Kier molecular flexibility index (Phi) is 3.60. The van der Waals surface area contributed by atoms with Gasteiger partial charge in [-0.15, -0.1) is 0 Å². The lowest BCUT2D eigenvalue weighted by Crippen LogP contribution is -2.11. The molecule has 1 aliphatic heterocycles. The average Bonchev–Trinajstić information content (AvgIpc) is 2.76. The minimum Gasteiger partial charge on any atom is -0.392 e. The molecule has 5 nitrogen and oxygen atoms in total. The molecule has 96 valence electrons. The van der Waals surface area contributed by atoms with E-state index in [0.717, 1.165) is 24.1 Å². The fourth-order valence-electron chi connectivity index (χ4n) is 2.03. The Bertz CT molecular complexity index is 466. The van der Waals surface area contributed by atoms with Crippen LogP contribution in [-0.2, 0) is 4.84 Å². The summed E-state index contributed by atoms with van der Waals surface area (Å²) in [5.74, 6) is 0.571. The lowest BCUT2D eigenvalue weighted by Gasteiger charge is -2.09. The molecule has 5 heteroatoms. The van der Waals surface area contributed by atoms with Crippen LogP contribution in [0, 0.1) is 16.0 Å². The highest BCUT2D eigenvalue weighted by atomic mass is 16.6. The molecule has 1 aromatic carbocycles. The maximum atomic E-state index is 10.6. The van der Waals surface area contributed by atoms with E-state index in [9.17, 15) is 10.1 Å². The van der Waals surface area contributed by atoms with Gasteiger partial charge in [-0.3, -0.25) is 10.1 Å². The van der Waals surface area contributed by atoms with E-state index in [1.54, 1.807) is 12.1 Å². The van der Waals surface area contributed by atoms with E-state index < -0.39 is 4.92 Å². The van der Waals surface area contributed by atoms with Crippen LogP contribution in [-0.4, -0.2) is 16.7 Å². The molecule has 0 saturated heterocycles. The number of nitro groups is 1. The largest absolute Gasteiger partial charge is 0.392 e. The van der Waals surface area contributed by atoms with Crippen molar-refractivity contribution in [2.24, 2.45) is 11.1 Å². The van der Waals surface area contributed by atoms with Crippen molar-refractivity contribution in [2.45, 2.75) is 32.8 Å². The summed E-state index contributed by atoms with van der Waals surface area (Å²) in [6.07, 6.45) is 1.88. The average molecular weight is 248 g/mol. The predicted octanol–water partition coefficient (Wildman–Crippen LogP) is 3.13. The summed E-state index contributed by atoms with van der Waals surface area (Å²) in [4.78, 5) is 15.5. The van der Waals surface area contributed by atoms with Gasteiger partial charge in [0.2, 0.25) is 0 Å². The highest BCUT2D eigenvalue weighted by Crippen LogP contribution is 2.22. The number of rotatable bonds is 4. The van der Waals surface area contributed by atoms with Gasteiger partial charge in [0.15, 0.2) is 0 Å². The molecule has 2 rings (SSSR count). The fraction of sp³-hybridized carbons (Fsp3) is 0.462. The summed E-state index contributed by atoms with van der Waals surface area (Å²) in [5, 5.41) is 14.6. The molecule has 0 spiro atoms. The lowest BCUT2D eigenvalue weighted by atomic mass is 9.99. The number of nitro benzene ring substituents is 1. The van der Waals surface area contributed by atoms with Crippen LogP contribution in [0.1, 0.15) is 32.3 Å². The third-order valence-corrected chi connectivity index (χ3v) is 2.88. The summed E-state index contributed by atoms with van der Waals surface area (Å²) in [7, 11) is 0. The molecule has 0 bridgehead atoms. The van der Waals surface area contributed by atoms with Crippen molar-refractivity contribution in [1.29, 1.82) is 0 Å². The molecule has 1 unspecified atom stereocenters. The van der Waals surface area contributed by atoms with Crippen molar-refractivity contribution in [3.05, 3.63) is 39.9 Å². The number of oxime groups is 1. The quantitative estimate of drug-likeness (QED) is 0.607. The van der Waals surface area contributed by atoms with Gasteiger partial charge in [-0.25, -0.2) is 0 Å². The number of non-ortho nitro benzene ring substituents is 1. The molecular weight excluding hydrogens is 232 g/mol. The zero-order chi connectivity index (χ0) is 13.1. The number of hydrogen-bond acceptors (Lipinski definition) is 4. The van der Waals surface area contributed by atoms with E-state index >= 15 is 0 Å². The minimum atomic E-state index is -0.404. The van der Waals surface area contributed by atoms with Gasteiger partial charge in [0.25, 0.3) is 5.69 Å². The van der Waals surface area contributed by atoms with Crippen LogP contribution in [0.5, 0.6) is 0 Å². The molecule has 0 N–H and O–H groups in total. The normalized spacial score (nSPS) is 18.6. The molecule has 0 fully saturated rings. The molecule has 18 heavy (non-hydrogen) atoms. The fourth-order valence-corrected chi connectivity index (χ4v) is 2.03. The summed E-state index contributed by atoms with van der Waals surface area (Å²) in [6, 6.07) is 6.43. The maximum Gasteiger partial charge on any atom is 0.269 e. The Morgan fingerprint density at radius 1 is 1.44 bits per heavy atom. The van der Waals surface area contributed by atoms with Gasteiger partial charge >= 0.3 is 0 Å². The van der Waals surface area contributed by atoms with Crippen molar-refractivity contribution in [1.82, 2.24) is 0 Å². The third-order valence-electron chi connectivity index (χ3n) is 2.88. The molecule has 0 aromatic heterocycles. The summed E-state index contributed by atoms with van der Waals surface area (Å²) in [5.41, 5.74) is 1.86. The molecule has 0 aliphatic carbocycles. The van der Waals surface area contributed by atoms with E-state index in [1.807, 2.05) is 0 Å². The second kappa shape index (κ2) is 5.16. The first kappa shape index (κ1) is 12.5. The second-order valence-corrected chi connectivity index (χ2v) is 4.90. The Hall–Kier alpha value is -1.91. The van der Waals surface area contributed by atoms with Gasteiger partial charge in [0.05, 0.1) is 10.6 Å². The Morgan fingerprint density at radius 2 is 2.11 bits per heavy atom. The monoisotopic (exact) mass is 248 g/mol. The zero-order valence-electron chi connectivity index (χ0n) is 10.5. The van der Waals surface area contributed by atoms with Crippen molar-refractivity contribution in [3.8, 4) is 0 Å². The Balaban J connectivity index is 2.03. The maximum absolute atomic E-state index is 10.6. The first-order valence-corrected chi connectivity index (χ1v) is 6.04. The van der Waals surface area contributed by atoms with Crippen LogP contribution in [0.25, 0.3) is 0 Å². The van der Waals surface area contributed by atoms with Gasteiger partial charge in [0.1, 0.15) is 6.10 Å². The number of hydrogen-bond donors (Lipinski definition) is 0. The summed E-state index contributed by atoms with van der Waals surface area (Å²) < 4.78 is 0. The standard InChI is InChI=1S/C13H16N2O3/c1-9(2)7-12-8-13(14-18-12)10-3-5-11(6-4-10)15(16)17/h3-6,9,12H,7-8H2,1-2H3. The van der Waals surface area contributed by atoms with Crippen LogP contribution in [0.3, 0.4) is 0 Å². The lowest BCUT2D eigenvalue weighted by molar-refractivity contribution is -0.384. The van der Waals surface area contributed by atoms with Crippen LogP contribution >= 0.6 is 0 Å². The van der Waals surface area contributed by atoms with Crippen molar-refractivity contribution in [3.63, 3.8) is 0 Å². The molecule has 1 atom stereocenters. The highest BCUT2D eigenvalue weighted by molar-refractivity contribution is 6.01. The van der Waals surface area contributed by atoms with Gasteiger partial charge in [-0.2, -0.15) is 0 Å². The molecule has 1 heterocycles. The van der Waals surface area contributed by atoms with E-state index in [4.69, 9.17) is 4.84 Å². The van der Waals surface area contributed by atoms with Crippen LogP contribution < -0.4 is 0 Å². The number of benzene rings is 1. The second-order valence-electron chi connectivity index (χ2n) is 4.90. The van der Waals surface area contributed by atoms with E-state index in [-0.39, 0.29) is 11.8 Å². The predicted molar refractivity (Wildman–Crippen MR) is 68.6 cm³/mol. The van der Waals surface area contributed by atoms with Crippen LogP contribution in [0.2, 0.25) is 0 Å². The van der Waals surface area contributed by atoms with Gasteiger partial charge < -0.3 is 4.84 Å². The highest BCUT2D eigenvalue weighted by Gasteiger charge is 2.23. The molecule has 1 aliphatic rings. The molecule has 0 amide bonds. The molecular formula is C13H16N2O3. The van der Waals surface area contributed by atoms with E-state index in [2.05, 4.69) is 19.0 Å². The first-order valence-electron chi connectivity index (χ1n) is 6.04. The first-order chi connectivity index (χ1) is 8.56. The third kappa shape index (κ3) is 2.85. The smallest absolute Gasteiger partial charge is 0.269 e. The SMILES string of the molecule is CC(C)CC1CC(c2ccc([N+](=O)[O-])cc2)=NO1. The Labute approximate surface area is 106 Å². The van der Waals surface area contributed by atoms with Gasteiger partial charge in [-0.1, -0.05) is 19.0 Å². The van der Waals surface area contributed by atoms with Gasteiger partial charge in [0, 0.05) is 18.6 Å². The van der Waals surface area contributed by atoms with Crippen molar-refractivity contribution < 1.29 is 9.76 Å². The zero-order valence-corrected chi connectivity index (χ0v) is 10.5. The molecule has 1 aromatic rings. The van der Waals surface area contributed by atoms with E-state index in [1.165, 1.54) is 12.1 Å². The molecule has 0 radical (unpaired) electrons. The minimum absolute atomic E-state index is 0.0944. The van der Waals surface area contributed by atoms with Crippen molar-refractivity contribution in [2.75, 3.05) is 0 Å². The Morgan fingerprint density at radius 3 is 2.67 bits per heavy atom. The van der Waals surface area contributed by atoms with Crippen LogP contribution in [0.15, 0.2) is 29.4 Å². The summed E-state index contributed by atoms with van der Waals surface area (Å²) in [6.45, 7) is 4.29. The van der Waals surface area contributed by atoms with Crippen molar-refractivity contribution >= 4 is 11.4 Å². The summed E-state index contributed by atoms with van der Waals surface area (Å²) >= 11 is 0. The van der Waals surface area contributed by atoms with Gasteiger partial charge in [-0.05, 0) is 30.0 Å².